The summed E-state index contributed by atoms with van der Waals surface area (Å²) in [6, 6.07) is 9.50. The topological polar surface area (TPSA) is 54.1 Å². The summed E-state index contributed by atoms with van der Waals surface area (Å²) in [4.78, 5) is 15.4. The molecule has 0 saturated heterocycles. The Kier molecular flexibility index (Phi) is 3.20. The van der Waals surface area contributed by atoms with Gasteiger partial charge in [-0.1, -0.05) is 6.07 Å². The third-order valence-corrected chi connectivity index (χ3v) is 3.95. The van der Waals surface area contributed by atoms with E-state index in [1.54, 1.807) is 18.4 Å². The number of ether oxygens (including phenoxy) is 1. The van der Waals surface area contributed by atoms with E-state index in [0.717, 1.165) is 15.8 Å². The predicted octanol–water partition coefficient (Wildman–Crippen LogP) is 3.80. The molecule has 20 heavy (non-hydrogen) atoms. The molecule has 0 bridgehead atoms. The maximum Gasteiger partial charge on any atom is 0.272 e. The van der Waals surface area contributed by atoms with Gasteiger partial charge in [0.15, 0.2) is 0 Å². The molecule has 0 aliphatic carbocycles. The minimum atomic E-state index is -0.169. The second kappa shape index (κ2) is 5.02. The first-order chi connectivity index (χ1) is 9.67. The maximum atomic E-state index is 12.3. The summed E-state index contributed by atoms with van der Waals surface area (Å²) in [7, 11) is 1.59. The number of anilines is 1. The lowest BCUT2D eigenvalue weighted by Gasteiger charge is -2.10. The first kappa shape index (κ1) is 12.7. The van der Waals surface area contributed by atoms with Gasteiger partial charge in [-0.25, -0.2) is 0 Å². The Labute approximate surface area is 120 Å². The predicted molar refractivity (Wildman–Crippen MR) is 81.9 cm³/mol. The molecule has 0 spiro atoms. The van der Waals surface area contributed by atoms with Gasteiger partial charge in [-0.15, -0.1) is 11.3 Å². The molecule has 0 aliphatic heterocycles. The highest BCUT2D eigenvalue weighted by atomic mass is 32.1. The van der Waals surface area contributed by atoms with Crippen LogP contribution in [0.4, 0.5) is 5.69 Å². The molecule has 5 heteroatoms. The summed E-state index contributed by atoms with van der Waals surface area (Å²) in [5.74, 6) is 0.481. The number of benzene rings is 1. The van der Waals surface area contributed by atoms with Gasteiger partial charge in [0.2, 0.25) is 0 Å². The number of hydrogen-bond donors (Lipinski definition) is 2. The van der Waals surface area contributed by atoms with Crippen LogP contribution in [0.3, 0.4) is 0 Å². The molecular formula is C15H14N2O2S. The van der Waals surface area contributed by atoms with Gasteiger partial charge in [0.05, 0.1) is 23.0 Å². The van der Waals surface area contributed by atoms with Crippen molar-refractivity contribution in [1.82, 2.24) is 4.98 Å². The molecule has 3 aromatic rings. The third-order valence-electron chi connectivity index (χ3n) is 3.09. The second-order valence-electron chi connectivity index (χ2n) is 4.54. The Morgan fingerprint density at radius 3 is 2.90 bits per heavy atom. The lowest BCUT2D eigenvalue weighted by molar-refractivity contribution is 0.102. The lowest BCUT2D eigenvalue weighted by Crippen LogP contribution is -2.13. The number of methoxy groups -OCH3 is 1. The van der Waals surface area contributed by atoms with Crippen LogP contribution in [0.2, 0.25) is 0 Å². The van der Waals surface area contributed by atoms with Crippen LogP contribution < -0.4 is 10.1 Å². The zero-order valence-electron chi connectivity index (χ0n) is 11.2. The van der Waals surface area contributed by atoms with Crippen molar-refractivity contribution in [3.8, 4) is 5.75 Å². The fourth-order valence-corrected chi connectivity index (χ4v) is 2.86. The molecule has 3 rings (SSSR count). The Balaban J connectivity index is 1.88. The first-order valence-corrected chi connectivity index (χ1v) is 7.07. The van der Waals surface area contributed by atoms with Crippen LogP contribution in [0, 0.1) is 6.92 Å². The maximum absolute atomic E-state index is 12.3. The largest absolute Gasteiger partial charge is 0.495 e. The minimum Gasteiger partial charge on any atom is -0.495 e. The summed E-state index contributed by atoms with van der Waals surface area (Å²) >= 11 is 1.61. The molecule has 4 nitrogen and oxygen atoms in total. The normalized spacial score (nSPS) is 10.7. The molecule has 0 saturated carbocycles. The molecule has 0 atom stereocenters. The van der Waals surface area contributed by atoms with Crippen molar-refractivity contribution in [2.75, 3.05) is 12.4 Å². The number of amides is 1. The number of aromatic nitrogens is 1. The van der Waals surface area contributed by atoms with Gasteiger partial charge in [-0.2, -0.15) is 0 Å². The van der Waals surface area contributed by atoms with Gasteiger partial charge < -0.3 is 15.0 Å². The first-order valence-electron chi connectivity index (χ1n) is 6.19. The van der Waals surface area contributed by atoms with Crippen molar-refractivity contribution < 1.29 is 9.53 Å². The summed E-state index contributed by atoms with van der Waals surface area (Å²) in [5, 5.41) is 4.87. The fraction of sp³-hybridized carbons (Fsp3) is 0.133. The highest BCUT2D eigenvalue weighted by molar-refractivity contribution is 7.17. The fourth-order valence-electron chi connectivity index (χ4n) is 2.08. The summed E-state index contributed by atoms with van der Waals surface area (Å²) < 4.78 is 6.33. The molecule has 2 heterocycles. The van der Waals surface area contributed by atoms with E-state index in [0.29, 0.717) is 17.1 Å². The van der Waals surface area contributed by atoms with Gasteiger partial charge in [-0.05, 0) is 42.1 Å². The van der Waals surface area contributed by atoms with Gasteiger partial charge in [-0.3, -0.25) is 4.79 Å². The summed E-state index contributed by atoms with van der Waals surface area (Å²) in [5.41, 5.74) is 3.27. The van der Waals surface area contributed by atoms with Crippen molar-refractivity contribution >= 4 is 33.1 Å². The van der Waals surface area contributed by atoms with E-state index in [-0.39, 0.29) is 5.91 Å². The van der Waals surface area contributed by atoms with Gasteiger partial charge in [0.1, 0.15) is 11.4 Å². The number of nitrogens with one attached hydrogen (secondary N) is 2. The molecule has 1 aromatic carbocycles. The van der Waals surface area contributed by atoms with Gasteiger partial charge >= 0.3 is 0 Å². The number of H-pyrrole nitrogens is 1. The highest BCUT2D eigenvalue weighted by Gasteiger charge is 2.12. The lowest BCUT2D eigenvalue weighted by atomic mass is 10.2. The molecule has 2 aromatic heterocycles. The highest BCUT2D eigenvalue weighted by Crippen LogP contribution is 2.27. The number of carbonyl (C=O) groups is 1. The number of rotatable bonds is 3. The van der Waals surface area contributed by atoms with Crippen LogP contribution >= 0.6 is 11.3 Å². The number of aryl methyl sites for hydroxylation is 1. The van der Waals surface area contributed by atoms with Crippen molar-refractivity contribution in [3.05, 3.63) is 47.0 Å². The van der Waals surface area contributed by atoms with E-state index >= 15 is 0 Å². The van der Waals surface area contributed by atoms with Crippen LogP contribution in [-0.2, 0) is 0 Å². The van der Waals surface area contributed by atoms with Gasteiger partial charge in [0.25, 0.3) is 5.91 Å². The Bertz CT molecular complexity index is 745. The van der Waals surface area contributed by atoms with E-state index in [4.69, 9.17) is 4.74 Å². The van der Waals surface area contributed by atoms with Crippen LogP contribution in [0.25, 0.3) is 10.2 Å². The minimum absolute atomic E-state index is 0.169. The quantitative estimate of drug-likeness (QED) is 0.769. The molecule has 0 fully saturated rings. The van der Waals surface area contributed by atoms with Crippen LogP contribution in [0.1, 0.15) is 16.1 Å². The Hall–Kier alpha value is -2.27. The monoisotopic (exact) mass is 286 g/mol. The molecule has 1 amide bonds. The zero-order valence-corrected chi connectivity index (χ0v) is 12.0. The van der Waals surface area contributed by atoms with E-state index in [9.17, 15) is 4.79 Å². The second-order valence-corrected chi connectivity index (χ2v) is 5.49. The molecule has 0 aliphatic rings. The molecular weight excluding hydrogens is 272 g/mol. The van der Waals surface area contributed by atoms with E-state index < -0.39 is 0 Å². The zero-order chi connectivity index (χ0) is 14.1. The third kappa shape index (κ3) is 2.28. The number of thiophene rings is 1. The number of carbonyl (C=O) groups excluding carboxylic acids is 1. The van der Waals surface area contributed by atoms with Gasteiger partial charge in [0, 0.05) is 0 Å². The van der Waals surface area contributed by atoms with Crippen molar-refractivity contribution in [3.63, 3.8) is 0 Å². The van der Waals surface area contributed by atoms with Crippen LogP contribution in [-0.4, -0.2) is 18.0 Å². The van der Waals surface area contributed by atoms with E-state index in [1.165, 1.54) is 0 Å². The Morgan fingerprint density at radius 2 is 2.15 bits per heavy atom. The SMILES string of the molecule is COc1ccc(C)cc1NC(=O)c1cc2sccc2[nH]1. The summed E-state index contributed by atoms with van der Waals surface area (Å²) in [6.45, 7) is 1.97. The van der Waals surface area contributed by atoms with E-state index in [1.807, 2.05) is 42.6 Å². The summed E-state index contributed by atoms with van der Waals surface area (Å²) in [6.07, 6.45) is 0. The number of hydrogen-bond acceptors (Lipinski definition) is 3. The Morgan fingerprint density at radius 1 is 1.30 bits per heavy atom. The number of fused-ring (bicyclic) bond motifs is 1. The van der Waals surface area contributed by atoms with Crippen molar-refractivity contribution in [2.24, 2.45) is 0 Å². The van der Waals surface area contributed by atoms with E-state index in [2.05, 4.69) is 10.3 Å². The standard InChI is InChI=1S/C15H14N2O2S/c1-9-3-4-13(19-2)11(7-9)17-15(18)12-8-14-10(16-12)5-6-20-14/h3-8,16H,1-2H3,(H,17,18). The molecule has 2 N–H and O–H groups in total. The average Bonchev–Trinajstić information content (AvgIpc) is 2.99. The van der Waals surface area contributed by atoms with Crippen molar-refractivity contribution in [1.29, 1.82) is 0 Å². The average molecular weight is 286 g/mol. The molecule has 0 unspecified atom stereocenters. The van der Waals surface area contributed by atoms with Crippen LogP contribution in [0.5, 0.6) is 5.75 Å². The van der Waals surface area contributed by atoms with Crippen LogP contribution in [0.15, 0.2) is 35.7 Å². The smallest absolute Gasteiger partial charge is 0.272 e. The number of aromatic amines is 1. The van der Waals surface area contributed by atoms with Crippen molar-refractivity contribution in [2.45, 2.75) is 6.92 Å². The molecule has 102 valence electrons. The molecule has 0 radical (unpaired) electrons.